The number of hydrogen-bond acceptors (Lipinski definition) is 2. The van der Waals surface area contributed by atoms with Crippen LogP contribution in [0.1, 0.15) is 32.8 Å². The van der Waals surface area contributed by atoms with E-state index in [0.717, 1.165) is 35.3 Å². The van der Waals surface area contributed by atoms with E-state index in [1.54, 1.807) is 0 Å². The van der Waals surface area contributed by atoms with Crippen molar-refractivity contribution in [3.05, 3.63) is 28.8 Å². The first kappa shape index (κ1) is 14.3. The van der Waals surface area contributed by atoms with Crippen LogP contribution in [-0.4, -0.2) is 13.2 Å². The molecule has 0 aliphatic carbocycles. The number of nitrogens with one attached hydrogen (secondary N) is 1. The van der Waals surface area contributed by atoms with E-state index in [1.807, 2.05) is 25.1 Å². The topological polar surface area (TPSA) is 21.3 Å². The molecule has 0 bridgehead atoms. The highest BCUT2D eigenvalue weighted by Crippen LogP contribution is 2.22. The van der Waals surface area contributed by atoms with E-state index in [4.69, 9.17) is 16.3 Å². The Morgan fingerprint density at radius 1 is 1.35 bits per heavy atom. The molecular weight excluding hydrogens is 234 g/mol. The number of ether oxygens (including phenoxy) is 1. The Bertz CT molecular complexity index is 339. The monoisotopic (exact) mass is 255 g/mol. The van der Waals surface area contributed by atoms with Gasteiger partial charge in [-0.05, 0) is 44.0 Å². The van der Waals surface area contributed by atoms with Gasteiger partial charge in [0.1, 0.15) is 5.75 Å². The van der Waals surface area contributed by atoms with Gasteiger partial charge in [0, 0.05) is 17.1 Å². The maximum absolute atomic E-state index is 6.00. The first-order valence-electron chi connectivity index (χ1n) is 6.25. The minimum absolute atomic E-state index is 0.681. The van der Waals surface area contributed by atoms with Crippen molar-refractivity contribution in [1.82, 2.24) is 5.32 Å². The van der Waals surface area contributed by atoms with Crippen molar-refractivity contribution in [3.63, 3.8) is 0 Å². The fourth-order valence-corrected chi connectivity index (χ4v) is 1.79. The molecule has 0 heterocycles. The van der Waals surface area contributed by atoms with E-state index in [1.165, 1.54) is 6.42 Å². The first-order valence-corrected chi connectivity index (χ1v) is 6.63. The molecule has 0 unspecified atom stereocenters. The van der Waals surface area contributed by atoms with Crippen molar-refractivity contribution in [2.75, 3.05) is 13.2 Å². The van der Waals surface area contributed by atoms with Crippen LogP contribution in [0.5, 0.6) is 5.75 Å². The van der Waals surface area contributed by atoms with Crippen molar-refractivity contribution in [2.24, 2.45) is 5.92 Å². The number of halogens is 1. The zero-order chi connectivity index (χ0) is 12.7. The third kappa shape index (κ3) is 5.42. The largest absolute Gasteiger partial charge is 0.494 e. The van der Waals surface area contributed by atoms with Crippen molar-refractivity contribution in [3.8, 4) is 5.75 Å². The van der Waals surface area contributed by atoms with E-state index in [2.05, 4.69) is 19.2 Å². The van der Waals surface area contributed by atoms with Gasteiger partial charge in [-0.2, -0.15) is 0 Å². The summed E-state index contributed by atoms with van der Waals surface area (Å²) in [6.45, 7) is 8.96. The minimum Gasteiger partial charge on any atom is -0.494 e. The molecule has 17 heavy (non-hydrogen) atoms. The first-order chi connectivity index (χ1) is 8.13. The molecule has 1 aromatic rings. The molecule has 0 aliphatic heterocycles. The summed E-state index contributed by atoms with van der Waals surface area (Å²) in [5.74, 6) is 1.65. The van der Waals surface area contributed by atoms with Crippen LogP contribution in [0, 0.1) is 5.92 Å². The quantitative estimate of drug-likeness (QED) is 0.747. The van der Waals surface area contributed by atoms with Crippen molar-refractivity contribution < 1.29 is 4.74 Å². The van der Waals surface area contributed by atoms with Gasteiger partial charge in [-0.25, -0.2) is 0 Å². The molecule has 0 saturated carbocycles. The van der Waals surface area contributed by atoms with Crippen LogP contribution in [0.2, 0.25) is 5.02 Å². The van der Waals surface area contributed by atoms with Gasteiger partial charge in [0.25, 0.3) is 0 Å². The Morgan fingerprint density at radius 2 is 2.12 bits per heavy atom. The molecule has 0 spiro atoms. The molecule has 2 nitrogen and oxygen atoms in total. The Balaban J connectivity index is 2.52. The van der Waals surface area contributed by atoms with E-state index < -0.39 is 0 Å². The normalized spacial score (nSPS) is 10.9. The lowest BCUT2D eigenvalue weighted by molar-refractivity contribution is 0.335. The molecule has 0 radical (unpaired) electrons. The fraction of sp³-hybridized carbons (Fsp3) is 0.571. The summed E-state index contributed by atoms with van der Waals surface area (Å²) in [6.07, 6.45) is 1.19. The van der Waals surface area contributed by atoms with Crippen LogP contribution < -0.4 is 10.1 Å². The van der Waals surface area contributed by atoms with E-state index in [9.17, 15) is 0 Å². The average Bonchev–Trinajstić information content (AvgIpc) is 2.28. The van der Waals surface area contributed by atoms with Crippen LogP contribution in [0.3, 0.4) is 0 Å². The summed E-state index contributed by atoms with van der Waals surface area (Å²) in [7, 11) is 0. The van der Waals surface area contributed by atoms with Gasteiger partial charge in [0.05, 0.1) is 6.61 Å². The summed E-state index contributed by atoms with van der Waals surface area (Å²) in [4.78, 5) is 0. The zero-order valence-corrected chi connectivity index (χ0v) is 11.7. The zero-order valence-electron chi connectivity index (χ0n) is 10.9. The maximum Gasteiger partial charge on any atom is 0.123 e. The lowest BCUT2D eigenvalue weighted by atomic mass is 10.1. The van der Waals surface area contributed by atoms with E-state index in [0.29, 0.717) is 6.61 Å². The fourth-order valence-electron chi connectivity index (χ4n) is 1.60. The summed E-state index contributed by atoms with van der Waals surface area (Å²) in [5.41, 5.74) is 1.13. The molecule has 1 N–H and O–H groups in total. The van der Waals surface area contributed by atoms with Crippen LogP contribution in [0.15, 0.2) is 18.2 Å². The Labute approximate surface area is 109 Å². The highest BCUT2D eigenvalue weighted by atomic mass is 35.5. The highest BCUT2D eigenvalue weighted by molar-refractivity contribution is 6.30. The molecule has 0 aromatic heterocycles. The third-order valence-corrected chi connectivity index (χ3v) is 2.77. The number of hydrogen-bond donors (Lipinski definition) is 1. The maximum atomic E-state index is 6.00. The van der Waals surface area contributed by atoms with Crippen LogP contribution in [0.4, 0.5) is 0 Å². The Kier molecular flexibility index (Phi) is 6.38. The van der Waals surface area contributed by atoms with Gasteiger partial charge < -0.3 is 10.1 Å². The molecule has 0 atom stereocenters. The molecular formula is C14H22ClNO. The Morgan fingerprint density at radius 3 is 2.76 bits per heavy atom. The molecule has 0 saturated heterocycles. The Hall–Kier alpha value is -0.730. The summed E-state index contributed by atoms with van der Waals surface area (Å²) in [6, 6.07) is 5.77. The van der Waals surface area contributed by atoms with Gasteiger partial charge >= 0.3 is 0 Å². The summed E-state index contributed by atoms with van der Waals surface area (Å²) in [5, 5.41) is 4.18. The lowest BCUT2D eigenvalue weighted by Crippen LogP contribution is -2.17. The van der Waals surface area contributed by atoms with Gasteiger partial charge in [0.2, 0.25) is 0 Å². The molecule has 0 fully saturated rings. The van der Waals surface area contributed by atoms with E-state index >= 15 is 0 Å². The molecule has 3 heteroatoms. The second kappa shape index (κ2) is 7.57. The molecule has 0 amide bonds. The lowest BCUT2D eigenvalue weighted by Gasteiger charge is -2.12. The molecule has 1 aromatic carbocycles. The molecule has 1 rings (SSSR count). The van der Waals surface area contributed by atoms with Crippen LogP contribution in [0.25, 0.3) is 0 Å². The number of rotatable bonds is 7. The third-order valence-electron chi connectivity index (χ3n) is 2.54. The predicted octanol–water partition coefficient (Wildman–Crippen LogP) is 3.87. The SMILES string of the molecule is CCOc1ccc(Cl)cc1CNCCC(C)C. The second-order valence-electron chi connectivity index (χ2n) is 4.54. The van der Waals surface area contributed by atoms with Crippen LogP contribution >= 0.6 is 11.6 Å². The highest BCUT2D eigenvalue weighted by Gasteiger charge is 2.04. The van der Waals surface area contributed by atoms with Crippen molar-refractivity contribution >= 4 is 11.6 Å². The smallest absolute Gasteiger partial charge is 0.123 e. The molecule has 96 valence electrons. The minimum atomic E-state index is 0.681. The molecule has 0 aliphatic rings. The average molecular weight is 256 g/mol. The van der Waals surface area contributed by atoms with Gasteiger partial charge in [-0.1, -0.05) is 25.4 Å². The van der Waals surface area contributed by atoms with Gasteiger partial charge in [-0.3, -0.25) is 0 Å². The summed E-state index contributed by atoms with van der Waals surface area (Å²) < 4.78 is 5.57. The van der Waals surface area contributed by atoms with Crippen molar-refractivity contribution in [1.29, 1.82) is 0 Å². The van der Waals surface area contributed by atoms with Crippen LogP contribution in [-0.2, 0) is 6.54 Å². The van der Waals surface area contributed by atoms with Crippen molar-refractivity contribution in [2.45, 2.75) is 33.7 Å². The summed E-state index contributed by atoms with van der Waals surface area (Å²) >= 11 is 6.00. The standard InChI is InChI=1S/C14H22ClNO/c1-4-17-14-6-5-13(15)9-12(14)10-16-8-7-11(2)3/h5-6,9,11,16H,4,7-8,10H2,1-3H3. The second-order valence-corrected chi connectivity index (χ2v) is 4.98. The van der Waals surface area contributed by atoms with E-state index in [-0.39, 0.29) is 0 Å². The number of benzene rings is 1. The van der Waals surface area contributed by atoms with Gasteiger partial charge in [0.15, 0.2) is 0 Å². The predicted molar refractivity (Wildman–Crippen MR) is 73.8 cm³/mol. The van der Waals surface area contributed by atoms with Gasteiger partial charge in [-0.15, -0.1) is 0 Å².